The third-order valence-corrected chi connectivity index (χ3v) is 6.81. The van der Waals surface area contributed by atoms with Crippen molar-refractivity contribution in [3.05, 3.63) is 15.6 Å². The molecule has 0 atom stereocenters. The van der Waals surface area contributed by atoms with Crippen LogP contribution in [0.15, 0.2) is 4.99 Å². The zero-order valence-electron chi connectivity index (χ0n) is 16.7. The van der Waals surface area contributed by atoms with Crippen LogP contribution in [-0.2, 0) is 6.54 Å². The predicted molar refractivity (Wildman–Crippen MR) is 111 cm³/mol. The Hall–Kier alpha value is -1.14. The fraction of sp³-hybridized carbons (Fsp3) is 0.800. The fourth-order valence-electron chi connectivity index (χ4n) is 4.12. The lowest BCUT2D eigenvalue weighted by atomic mass is 9.92. The quantitative estimate of drug-likeness (QED) is 0.608. The number of aromatic nitrogens is 1. The van der Waals surface area contributed by atoms with Crippen molar-refractivity contribution in [1.29, 1.82) is 0 Å². The maximum atomic E-state index is 4.77. The fourth-order valence-corrected chi connectivity index (χ4v) is 4.98. The van der Waals surface area contributed by atoms with E-state index in [0.29, 0.717) is 12.6 Å². The van der Waals surface area contributed by atoms with E-state index in [9.17, 15) is 0 Å². The van der Waals surface area contributed by atoms with Crippen molar-refractivity contribution in [2.45, 2.75) is 84.3 Å². The maximum absolute atomic E-state index is 4.77. The van der Waals surface area contributed by atoms with Gasteiger partial charge in [-0.3, -0.25) is 0 Å². The van der Waals surface area contributed by atoms with Gasteiger partial charge in [-0.1, -0.05) is 19.3 Å². The Morgan fingerprint density at radius 2 is 1.88 bits per heavy atom. The molecule has 2 N–H and O–H groups in total. The molecule has 1 saturated heterocycles. The van der Waals surface area contributed by atoms with Gasteiger partial charge in [0.25, 0.3) is 0 Å². The van der Waals surface area contributed by atoms with E-state index in [2.05, 4.69) is 41.3 Å². The van der Waals surface area contributed by atoms with E-state index in [4.69, 9.17) is 4.99 Å². The van der Waals surface area contributed by atoms with Crippen LogP contribution in [0.4, 0.5) is 0 Å². The van der Waals surface area contributed by atoms with Crippen LogP contribution >= 0.6 is 11.3 Å². The summed E-state index contributed by atoms with van der Waals surface area (Å²) in [4.78, 5) is 13.4. The van der Waals surface area contributed by atoms with Gasteiger partial charge in [0, 0.05) is 36.6 Å². The molecule has 146 valence electrons. The third-order valence-electron chi connectivity index (χ3n) is 5.75. The molecule has 3 rings (SSSR count). The molecule has 2 heterocycles. The minimum atomic E-state index is 0.535. The highest BCUT2D eigenvalue weighted by Gasteiger charge is 2.26. The van der Waals surface area contributed by atoms with Gasteiger partial charge in [-0.2, -0.15) is 0 Å². The first kappa shape index (κ1) is 19.6. The monoisotopic (exact) mass is 377 g/mol. The topological polar surface area (TPSA) is 52.6 Å². The SMILES string of the molecule is CCNC(=NCc1nc(C)c(C)s1)NC1CCN(C2CCCCC2)CC1. The van der Waals surface area contributed by atoms with Gasteiger partial charge in [0.15, 0.2) is 5.96 Å². The normalized spacial score (nSPS) is 21.1. The van der Waals surface area contributed by atoms with Gasteiger partial charge < -0.3 is 15.5 Å². The Morgan fingerprint density at radius 3 is 2.50 bits per heavy atom. The second-order valence-corrected chi connectivity index (χ2v) is 8.98. The minimum Gasteiger partial charge on any atom is -0.357 e. The van der Waals surface area contributed by atoms with Crippen LogP contribution in [0, 0.1) is 13.8 Å². The number of nitrogens with one attached hydrogen (secondary N) is 2. The van der Waals surface area contributed by atoms with E-state index in [1.165, 1.54) is 62.9 Å². The van der Waals surface area contributed by atoms with Gasteiger partial charge in [-0.15, -0.1) is 11.3 Å². The molecule has 1 saturated carbocycles. The van der Waals surface area contributed by atoms with Crippen molar-refractivity contribution in [2.24, 2.45) is 4.99 Å². The number of nitrogens with zero attached hydrogens (tertiary/aromatic N) is 3. The lowest BCUT2D eigenvalue weighted by Crippen LogP contribution is -2.50. The van der Waals surface area contributed by atoms with Crippen LogP contribution in [0.25, 0.3) is 0 Å². The first-order valence-electron chi connectivity index (χ1n) is 10.4. The number of aryl methyl sites for hydroxylation is 2. The first-order valence-corrected chi connectivity index (χ1v) is 11.2. The molecule has 0 radical (unpaired) electrons. The summed E-state index contributed by atoms with van der Waals surface area (Å²) in [5.74, 6) is 0.939. The minimum absolute atomic E-state index is 0.535. The molecule has 0 aromatic carbocycles. The van der Waals surface area contributed by atoms with E-state index in [-0.39, 0.29) is 0 Å². The van der Waals surface area contributed by atoms with Gasteiger partial charge >= 0.3 is 0 Å². The first-order chi connectivity index (χ1) is 12.7. The van der Waals surface area contributed by atoms with Crippen molar-refractivity contribution in [3.8, 4) is 0 Å². The van der Waals surface area contributed by atoms with Crippen molar-refractivity contribution in [3.63, 3.8) is 0 Å². The Bertz CT molecular complexity index is 564. The predicted octanol–water partition coefficient (Wildman–Crippen LogP) is 3.61. The number of piperidine rings is 1. The van der Waals surface area contributed by atoms with Crippen molar-refractivity contribution in [2.75, 3.05) is 19.6 Å². The molecule has 2 aliphatic rings. The molecule has 1 aliphatic carbocycles. The standard InChI is InChI=1S/C20H35N5S/c1-4-21-20(22-14-19-23-15(2)16(3)26-19)24-17-10-12-25(13-11-17)18-8-6-5-7-9-18/h17-18H,4-14H2,1-3H3,(H2,21,22,24). The van der Waals surface area contributed by atoms with Gasteiger partial charge in [-0.05, 0) is 46.5 Å². The molecule has 1 aromatic rings. The Morgan fingerprint density at radius 1 is 1.15 bits per heavy atom. The van der Waals surface area contributed by atoms with Gasteiger partial charge in [0.1, 0.15) is 5.01 Å². The second kappa shape index (κ2) is 9.70. The Labute approximate surface area is 162 Å². The average Bonchev–Trinajstić information content (AvgIpc) is 2.99. The highest BCUT2D eigenvalue weighted by Crippen LogP contribution is 2.25. The molecule has 6 heteroatoms. The number of thiazole rings is 1. The molecule has 1 aromatic heterocycles. The number of aliphatic imine (C=N–C) groups is 1. The number of hydrogen-bond acceptors (Lipinski definition) is 4. The smallest absolute Gasteiger partial charge is 0.191 e. The number of guanidine groups is 1. The second-order valence-electron chi connectivity index (χ2n) is 7.69. The summed E-state index contributed by atoms with van der Waals surface area (Å²) in [5, 5.41) is 8.16. The van der Waals surface area contributed by atoms with Gasteiger partial charge in [0.05, 0.1) is 12.2 Å². The van der Waals surface area contributed by atoms with Crippen LogP contribution in [0.3, 0.4) is 0 Å². The van der Waals surface area contributed by atoms with Crippen LogP contribution in [0.5, 0.6) is 0 Å². The molecule has 1 aliphatic heterocycles. The van der Waals surface area contributed by atoms with Gasteiger partial charge in [-0.25, -0.2) is 9.98 Å². The molecule has 5 nitrogen and oxygen atoms in total. The summed E-state index contributed by atoms with van der Waals surface area (Å²) >= 11 is 1.76. The van der Waals surface area contributed by atoms with E-state index >= 15 is 0 Å². The summed E-state index contributed by atoms with van der Waals surface area (Å²) in [7, 11) is 0. The highest BCUT2D eigenvalue weighted by atomic mass is 32.1. The summed E-state index contributed by atoms with van der Waals surface area (Å²) in [6, 6.07) is 1.38. The highest BCUT2D eigenvalue weighted by molar-refractivity contribution is 7.11. The van der Waals surface area contributed by atoms with Gasteiger partial charge in [0.2, 0.25) is 0 Å². The van der Waals surface area contributed by atoms with Crippen LogP contribution in [0.2, 0.25) is 0 Å². The van der Waals surface area contributed by atoms with Crippen molar-refractivity contribution >= 4 is 17.3 Å². The summed E-state index contributed by atoms with van der Waals surface area (Å²) < 4.78 is 0. The molecule has 2 fully saturated rings. The maximum Gasteiger partial charge on any atom is 0.191 e. The molecule has 0 bridgehead atoms. The Kier molecular flexibility index (Phi) is 7.32. The van der Waals surface area contributed by atoms with E-state index in [1.54, 1.807) is 11.3 Å². The zero-order valence-corrected chi connectivity index (χ0v) is 17.5. The van der Waals surface area contributed by atoms with Crippen molar-refractivity contribution in [1.82, 2.24) is 20.5 Å². The largest absolute Gasteiger partial charge is 0.357 e. The van der Waals surface area contributed by atoms with E-state index < -0.39 is 0 Å². The number of rotatable bonds is 5. The lowest BCUT2D eigenvalue weighted by Gasteiger charge is -2.39. The van der Waals surface area contributed by atoms with Crippen LogP contribution < -0.4 is 10.6 Å². The van der Waals surface area contributed by atoms with Crippen molar-refractivity contribution < 1.29 is 0 Å². The molecular weight excluding hydrogens is 342 g/mol. The zero-order chi connectivity index (χ0) is 18.4. The summed E-state index contributed by atoms with van der Waals surface area (Å²) in [6.45, 7) is 10.3. The molecule has 26 heavy (non-hydrogen) atoms. The lowest BCUT2D eigenvalue weighted by molar-refractivity contribution is 0.119. The Balaban J connectivity index is 1.49. The number of likely N-dealkylation sites (tertiary alicyclic amines) is 1. The molecule has 0 amide bonds. The summed E-state index contributed by atoms with van der Waals surface area (Å²) in [6.07, 6.45) is 9.55. The number of hydrogen-bond donors (Lipinski definition) is 2. The van der Waals surface area contributed by atoms with E-state index in [0.717, 1.165) is 29.2 Å². The third kappa shape index (κ3) is 5.43. The van der Waals surface area contributed by atoms with Crippen LogP contribution in [0.1, 0.15) is 67.4 Å². The average molecular weight is 378 g/mol. The summed E-state index contributed by atoms with van der Waals surface area (Å²) in [5.41, 5.74) is 1.13. The van der Waals surface area contributed by atoms with Crippen LogP contribution in [-0.4, -0.2) is 47.6 Å². The molecular formula is C20H35N5S. The van der Waals surface area contributed by atoms with E-state index in [1.807, 2.05) is 0 Å². The molecule has 0 spiro atoms. The molecule has 0 unspecified atom stereocenters.